The molecule has 20 heavy (non-hydrogen) atoms. The van der Waals surface area contributed by atoms with E-state index in [9.17, 15) is 0 Å². The third kappa shape index (κ3) is 2.05. The van der Waals surface area contributed by atoms with Crippen LogP contribution in [0, 0.1) is 5.92 Å². The fraction of sp³-hybridized carbons (Fsp3) is 0.375. The molecule has 0 aliphatic carbocycles. The molecule has 104 valence electrons. The summed E-state index contributed by atoms with van der Waals surface area (Å²) in [5, 5.41) is 6.63. The number of halogens is 1. The fourth-order valence-corrected chi connectivity index (χ4v) is 4.42. The zero-order valence-electron chi connectivity index (χ0n) is 11.0. The fourth-order valence-electron chi connectivity index (χ4n) is 3.39. The Labute approximate surface area is 127 Å². The molecule has 3 atom stereocenters. The number of nitrogens with one attached hydrogen (secondary N) is 1. The van der Waals surface area contributed by atoms with Gasteiger partial charge in [0.2, 0.25) is 0 Å². The molecule has 1 saturated heterocycles. The van der Waals surface area contributed by atoms with Crippen LogP contribution >= 0.6 is 22.9 Å². The Bertz CT molecular complexity index is 613. The van der Waals surface area contributed by atoms with E-state index < -0.39 is 0 Å². The van der Waals surface area contributed by atoms with E-state index in [1.165, 1.54) is 16.9 Å². The highest BCUT2D eigenvalue weighted by Crippen LogP contribution is 2.50. The molecule has 2 aliphatic rings. The molecular weight excluding hydrogens is 290 g/mol. The van der Waals surface area contributed by atoms with Crippen LogP contribution in [0.3, 0.4) is 0 Å². The third-order valence-electron chi connectivity index (χ3n) is 4.28. The average Bonchev–Trinajstić information content (AvgIpc) is 3.01. The van der Waals surface area contributed by atoms with Gasteiger partial charge in [0.25, 0.3) is 0 Å². The van der Waals surface area contributed by atoms with Crippen molar-refractivity contribution in [1.82, 2.24) is 0 Å². The first kappa shape index (κ1) is 12.7. The smallest absolute Gasteiger partial charge is 0.0896 e. The molecule has 1 N–H and O–H groups in total. The molecule has 0 bridgehead atoms. The zero-order chi connectivity index (χ0) is 13.5. The predicted octanol–water partition coefficient (Wildman–Crippen LogP) is 5.04. The first-order valence-electron chi connectivity index (χ1n) is 7.04. The Kier molecular flexibility index (Phi) is 3.21. The highest BCUT2D eigenvalue weighted by molar-refractivity contribution is 7.10. The van der Waals surface area contributed by atoms with Gasteiger partial charge in [-0.05, 0) is 42.5 Å². The van der Waals surface area contributed by atoms with Crippen molar-refractivity contribution in [3.63, 3.8) is 0 Å². The third-order valence-corrected chi connectivity index (χ3v) is 5.47. The van der Waals surface area contributed by atoms with E-state index >= 15 is 0 Å². The highest BCUT2D eigenvalue weighted by atomic mass is 35.5. The lowest BCUT2D eigenvalue weighted by atomic mass is 9.79. The summed E-state index contributed by atoms with van der Waals surface area (Å²) < 4.78 is 6.10. The molecule has 2 nitrogen and oxygen atoms in total. The molecule has 0 radical (unpaired) electrons. The maximum absolute atomic E-state index is 6.16. The lowest BCUT2D eigenvalue weighted by molar-refractivity contribution is -0.0377. The van der Waals surface area contributed by atoms with E-state index in [2.05, 4.69) is 35.0 Å². The molecule has 1 aromatic heterocycles. The Hall–Kier alpha value is -1.03. The molecule has 3 heterocycles. The minimum Gasteiger partial charge on any atom is -0.377 e. The summed E-state index contributed by atoms with van der Waals surface area (Å²) in [7, 11) is 0. The topological polar surface area (TPSA) is 21.3 Å². The second-order valence-corrected chi connectivity index (χ2v) is 6.88. The van der Waals surface area contributed by atoms with Crippen molar-refractivity contribution < 1.29 is 4.74 Å². The van der Waals surface area contributed by atoms with Crippen molar-refractivity contribution in [1.29, 1.82) is 0 Å². The van der Waals surface area contributed by atoms with Gasteiger partial charge in [-0.1, -0.05) is 17.7 Å². The quantitative estimate of drug-likeness (QED) is 0.797. The Balaban J connectivity index is 1.79. The van der Waals surface area contributed by atoms with Gasteiger partial charge in [-0.15, -0.1) is 11.3 Å². The molecule has 1 fully saturated rings. The summed E-state index contributed by atoms with van der Waals surface area (Å²) in [6, 6.07) is 10.8. The summed E-state index contributed by atoms with van der Waals surface area (Å²) in [6.45, 7) is 0.851. The van der Waals surface area contributed by atoms with Crippen LogP contribution in [0.2, 0.25) is 5.02 Å². The van der Waals surface area contributed by atoms with Crippen molar-refractivity contribution in [2.24, 2.45) is 5.92 Å². The molecule has 0 spiro atoms. The summed E-state index contributed by atoms with van der Waals surface area (Å²) in [5.41, 5.74) is 2.38. The lowest BCUT2D eigenvalue weighted by Crippen LogP contribution is -2.35. The van der Waals surface area contributed by atoms with Crippen molar-refractivity contribution >= 4 is 28.6 Å². The van der Waals surface area contributed by atoms with Gasteiger partial charge in [0.15, 0.2) is 0 Å². The van der Waals surface area contributed by atoms with Gasteiger partial charge in [-0.3, -0.25) is 0 Å². The Morgan fingerprint density at radius 1 is 1.30 bits per heavy atom. The van der Waals surface area contributed by atoms with Gasteiger partial charge < -0.3 is 10.1 Å². The number of rotatable bonds is 1. The first-order valence-corrected chi connectivity index (χ1v) is 8.30. The summed E-state index contributed by atoms with van der Waals surface area (Å²) in [4.78, 5) is 1.39. The van der Waals surface area contributed by atoms with E-state index in [0.717, 1.165) is 23.7 Å². The van der Waals surface area contributed by atoms with Crippen LogP contribution in [0.5, 0.6) is 0 Å². The summed E-state index contributed by atoms with van der Waals surface area (Å²) >= 11 is 7.98. The van der Waals surface area contributed by atoms with Crippen LogP contribution in [-0.2, 0) is 4.74 Å². The number of ether oxygens (including phenoxy) is 1. The van der Waals surface area contributed by atoms with Crippen LogP contribution in [0.1, 0.15) is 35.4 Å². The first-order chi connectivity index (χ1) is 9.83. The molecular formula is C16H16ClNOS. The number of fused-ring (bicyclic) bond motifs is 3. The van der Waals surface area contributed by atoms with Crippen LogP contribution in [0.25, 0.3) is 0 Å². The van der Waals surface area contributed by atoms with Crippen molar-refractivity contribution in [2.75, 3.05) is 11.9 Å². The monoisotopic (exact) mass is 305 g/mol. The molecule has 2 aromatic rings. The normalized spacial score (nSPS) is 28.4. The number of anilines is 1. The second kappa shape index (κ2) is 5.06. The number of hydrogen-bond donors (Lipinski definition) is 1. The van der Waals surface area contributed by atoms with Gasteiger partial charge >= 0.3 is 0 Å². The molecule has 2 aliphatic heterocycles. The number of benzene rings is 1. The lowest BCUT2D eigenvalue weighted by Gasteiger charge is -2.42. The van der Waals surface area contributed by atoms with Gasteiger partial charge in [-0.25, -0.2) is 0 Å². The molecule has 0 amide bonds. The van der Waals surface area contributed by atoms with Crippen molar-refractivity contribution in [3.05, 3.63) is 51.2 Å². The van der Waals surface area contributed by atoms with E-state index in [1.807, 2.05) is 17.4 Å². The van der Waals surface area contributed by atoms with Gasteiger partial charge in [0.1, 0.15) is 0 Å². The van der Waals surface area contributed by atoms with Gasteiger partial charge in [0, 0.05) is 33.7 Å². The van der Waals surface area contributed by atoms with E-state index in [-0.39, 0.29) is 6.10 Å². The molecule has 4 rings (SSSR count). The largest absolute Gasteiger partial charge is 0.377 e. The van der Waals surface area contributed by atoms with Crippen LogP contribution < -0.4 is 5.32 Å². The second-order valence-electron chi connectivity index (χ2n) is 5.47. The van der Waals surface area contributed by atoms with E-state index in [1.54, 1.807) is 0 Å². The van der Waals surface area contributed by atoms with Crippen LogP contribution in [-0.4, -0.2) is 6.61 Å². The number of hydrogen-bond acceptors (Lipinski definition) is 3. The standard InChI is InChI=1S/C16H16ClNOS/c17-10-5-6-13-12(9-10)16-11(3-1-7-19-16)15(18-13)14-4-2-8-20-14/h2,4-6,8-9,11,15-16,18H,1,3,7H2/t11-,15+,16-/m0/s1. The maximum atomic E-state index is 6.16. The zero-order valence-corrected chi connectivity index (χ0v) is 12.6. The maximum Gasteiger partial charge on any atom is 0.0896 e. The SMILES string of the molecule is Clc1ccc2c(c1)[C@H]1OCCC[C@H]1[C@H](c1cccs1)N2. The van der Waals surface area contributed by atoms with E-state index in [0.29, 0.717) is 12.0 Å². The minimum absolute atomic E-state index is 0.172. The molecule has 0 unspecified atom stereocenters. The average molecular weight is 306 g/mol. The number of thiophene rings is 1. The Morgan fingerprint density at radius 3 is 3.10 bits per heavy atom. The molecule has 4 heteroatoms. The van der Waals surface area contributed by atoms with Crippen LogP contribution in [0.15, 0.2) is 35.7 Å². The van der Waals surface area contributed by atoms with Crippen molar-refractivity contribution in [2.45, 2.75) is 25.0 Å². The Morgan fingerprint density at radius 2 is 2.25 bits per heavy atom. The predicted molar refractivity (Wildman–Crippen MR) is 83.6 cm³/mol. The minimum atomic E-state index is 0.172. The van der Waals surface area contributed by atoms with E-state index in [4.69, 9.17) is 16.3 Å². The summed E-state index contributed by atoms with van der Waals surface area (Å²) in [5.74, 6) is 0.494. The summed E-state index contributed by atoms with van der Waals surface area (Å²) in [6.07, 6.45) is 2.51. The molecule has 1 aromatic carbocycles. The van der Waals surface area contributed by atoms with Crippen LogP contribution in [0.4, 0.5) is 5.69 Å². The van der Waals surface area contributed by atoms with Crippen molar-refractivity contribution in [3.8, 4) is 0 Å². The molecule has 0 saturated carbocycles. The van der Waals surface area contributed by atoms with Gasteiger partial charge in [-0.2, -0.15) is 0 Å². The van der Waals surface area contributed by atoms with Gasteiger partial charge in [0.05, 0.1) is 12.1 Å². The highest BCUT2D eigenvalue weighted by Gasteiger charge is 2.40.